The second kappa shape index (κ2) is 12.1. The smallest absolute Gasteiger partial charge is 0.184 e. The maximum Gasteiger partial charge on any atom is 0.184 e. The van der Waals surface area contributed by atoms with Crippen LogP contribution in [0.4, 0.5) is 4.39 Å². The van der Waals surface area contributed by atoms with Gasteiger partial charge in [0.15, 0.2) is 11.6 Å². The SMILES string of the molecule is CCCCCC1CCC(C2CCC(C=Cc3ccc(OCC)c(F)c3Cl)CC2)CC1. The molecule has 3 rings (SSSR count). The Labute approximate surface area is 188 Å². The molecule has 2 aliphatic rings. The summed E-state index contributed by atoms with van der Waals surface area (Å²) in [6.45, 7) is 4.58. The molecule has 0 unspecified atom stereocenters. The molecule has 30 heavy (non-hydrogen) atoms. The number of hydrogen-bond donors (Lipinski definition) is 0. The zero-order valence-corrected chi connectivity index (χ0v) is 19.7. The first kappa shape index (κ1) is 23.6. The summed E-state index contributed by atoms with van der Waals surface area (Å²) in [5, 5.41) is 0.168. The van der Waals surface area contributed by atoms with E-state index in [2.05, 4.69) is 13.0 Å². The number of unbranched alkanes of at least 4 members (excludes halogenated alkanes) is 2. The van der Waals surface area contributed by atoms with Crippen LogP contribution in [0.3, 0.4) is 0 Å². The van der Waals surface area contributed by atoms with Gasteiger partial charge in [0, 0.05) is 0 Å². The van der Waals surface area contributed by atoms with Crippen molar-refractivity contribution in [1.29, 1.82) is 0 Å². The van der Waals surface area contributed by atoms with Gasteiger partial charge in [0.05, 0.1) is 11.6 Å². The summed E-state index contributed by atoms with van der Waals surface area (Å²) in [5.41, 5.74) is 0.751. The van der Waals surface area contributed by atoms with Crippen LogP contribution in [0.1, 0.15) is 96.5 Å². The minimum Gasteiger partial charge on any atom is -0.491 e. The van der Waals surface area contributed by atoms with Crippen LogP contribution >= 0.6 is 11.6 Å². The molecule has 0 aromatic heterocycles. The second-order valence-electron chi connectivity index (χ2n) is 9.52. The maximum atomic E-state index is 14.3. The van der Waals surface area contributed by atoms with Crippen LogP contribution in [0, 0.1) is 29.5 Å². The molecule has 0 N–H and O–H groups in total. The summed E-state index contributed by atoms with van der Waals surface area (Å²) in [6.07, 6.45) is 21.0. The zero-order valence-electron chi connectivity index (χ0n) is 19.0. The third-order valence-corrected chi connectivity index (χ3v) is 7.90. The van der Waals surface area contributed by atoms with E-state index < -0.39 is 5.82 Å². The molecule has 0 amide bonds. The molecule has 1 nitrogen and oxygen atoms in total. The van der Waals surface area contributed by atoms with Crippen molar-refractivity contribution in [3.8, 4) is 5.75 Å². The highest BCUT2D eigenvalue weighted by atomic mass is 35.5. The second-order valence-corrected chi connectivity index (χ2v) is 9.90. The zero-order chi connectivity index (χ0) is 21.3. The highest BCUT2D eigenvalue weighted by Gasteiger charge is 2.30. The topological polar surface area (TPSA) is 9.23 Å². The highest BCUT2D eigenvalue weighted by Crippen LogP contribution is 2.42. The van der Waals surface area contributed by atoms with Gasteiger partial charge in [-0.1, -0.05) is 69.2 Å². The molecule has 168 valence electrons. The Bertz CT molecular complexity index is 670. The van der Waals surface area contributed by atoms with Crippen molar-refractivity contribution < 1.29 is 9.13 Å². The molecule has 2 saturated carbocycles. The highest BCUT2D eigenvalue weighted by molar-refractivity contribution is 6.32. The Morgan fingerprint density at radius 1 is 0.967 bits per heavy atom. The summed E-state index contributed by atoms with van der Waals surface area (Å²) >= 11 is 6.22. The number of halogens is 2. The van der Waals surface area contributed by atoms with Crippen LogP contribution in [0.5, 0.6) is 5.75 Å². The van der Waals surface area contributed by atoms with E-state index in [-0.39, 0.29) is 10.8 Å². The fourth-order valence-electron chi connectivity index (χ4n) is 5.62. The molecule has 0 saturated heterocycles. The molecular formula is C27H40ClFO. The van der Waals surface area contributed by atoms with Crippen LogP contribution in [-0.4, -0.2) is 6.61 Å². The number of benzene rings is 1. The molecule has 0 heterocycles. The summed E-state index contributed by atoms with van der Waals surface area (Å²) < 4.78 is 19.6. The summed E-state index contributed by atoms with van der Waals surface area (Å²) in [4.78, 5) is 0. The van der Waals surface area contributed by atoms with Crippen LogP contribution in [0.15, 0.2) is 18.2 Å². The quantitative estimate of drug-likeness (QED) is 0.352. The van der Waals surface area contributed by atoms with E-state index in [1.807, 2.05) is 19.1 Å². The van der Waals surface area contributed by atoms with Gasteiger partial charge >= 0.3 is 0 Å². The van der Waals surface area contributed by atoms with E-state index in [0.717, 1.165) is 23.3 Å². The van der Waals surface area contributed by atoms with E-state index in [4.69, 9.17) is 16.3 Å². The fraction of sp³-hybridized carbons (Fsp3) is 0.704. The van der Waals surface area contributed by atoms with Gasteiger partial charge in [-0.2, -0.15) is 0 Å². The predicted molar refractivity (Wildman–Crippen MR) is 127 cm³/mol. The molecule has 0 radical (unpaired) electrons. The number of ether oxygens (including phenoxy) is 1. The third-order valence-electron chi connectivity index (χ3n) is 7.52. The Kier molecular flexibility index (Phi) is 9.56. The Balaban J connectivity index is 1.43. The van der Waals surface area contributed by atoms with Crippen molar-refractivity contribution in [3.63, 3.8) is 0 Å². The first-order valence-electron chi connectivity index (χ1n) is 12.4. The van der Waals surface area contributed by atoms with Crippen molar-refractivity contribution >= 4 is 17.7 Å². The summed E-state index contributed by atoms with van der Waals surface area (Å²) in [7, 11) is 0. The van der Waals surface area contributed by atoms with E-state index in [9.17, 15) is 4.39 Å². The van der Waals surface area contributed by atoms with Crippen LogP contribution in [0.25, 0.3) is 6.08 Å². The molecule has 3 heteroatoms. The Hall–Kier alpha value is -1.02. The van der Waals surface area contributed by atoms with Gasteiger partial charge in [0.2, 0.25) is 0 Å². The molecule has 2 fully saturated rings. The van der Waals surface area contributed by atoms with Crippen molar-refractivity contribution in [2.45, 2.75) is 90.9 Å². The monoisotopic (exact) mass is 434 g/mol. The average molecular weight is 435 g/mol. The first-order valence-corrected chi connectivity index (χ1v) is 12.8. The normalized spacial score (nSPS) is 27.5. The first-order chi connectivity index (χ1) is 14.6. The largest absolute Gasteiger partial charge is 0.491 e. The third kappa shape index (κ3) is 6.49. The lowest BCUT2D eigenvalue weighted by molar-refractivity contribution is 0.151. The van der Waals surface area contributed by atoms with E-state index in [1.54, 1.807) is 6.07 Å². The molecule has 0 aliphatic heterocycles. The Morgan fingerprint density at radius 3 is 2.27 bits per heavy atom. The van der Waals surface area contributed by atoms with Crippen molar-refractivity contribution in [3.05, 3.63) is 34.6 Å². The lowest BCUT2D eigenvalue weighted by Gasteiger charge is -2.37. The number of hydrogen-bond acceptors (Lipinski definition) is 1. The van der Waals surface area contributed by atoms with Crippen molar-refractivity contribution in [2.75, 3.05) is 6.61 Å². The molecule has 1 aromatic rings. The molecular weight excluding hydrogens is 395 g/mol. The maximum absolute atomic E-state index is 14.3. The van der Waals surface area contributed by atoms with Gasteiger partial charge in [-0.05, 0) is 86.8 Å². The molecule has 0 spiro atoms. The van der Waals surface area contributed by atoms with Gasteiger partial charge in [0.1, 0.15) is 0 Å². The van der Waals surface area contributed by atoms with Gasteiger partial charge in [-0.15, -0.1) is 0 Å². The summed E-state index contributed by atoms with van der Waals surface area (Å²) in [6, 6.07) is 3.54. The minimum atomic E-state index is -0.449. The molecule has 1 aromatic carbocycles. The Morgan fingerprint density at radius 2 is 1.63 bits per heavy atom. The lowest BCUT2D eigenvalue weighted by atomic mass is 9.68. The number of rotatable bonds is 9. The van der Waals surface area contributed by atoms with Crippen LogP contribution in [-0.2, 0) is 0 Å². The van der Waals surface area contributed by atoms with Gasteiger partial charge in [0.25, 0.3) is 0 Å². The van der Waals surface area contributed by atoms with Crippen molar-refractivity contribution in [1.82, 2.24) is 0 Å². The van der Waals surface area contributed by atoms with E-state index in [1.165, 1.54) is 77.0 Å². The van der Waals surface area contributed by atoms with Gasteiger partial charge < -0.3 is 4.74 Å². The van der Waals surface area contributed by atoms with Gasteiger partial charge in [-0.25, -0.2) is 4.39 Å². The molecule has 0 bridgehead atoms. The average Bonchev–Trinajstić information content (AvgIpc) is 2.78. The van der Waals surface area contributed by atoms with Crippen LogP contribution < -0.4 is 4.74 Å². The van der Waals surface area contributed by atoms with E-state index >= 15 is 0 Å². The standard InChI is InChI=1S/C27H40ClFO/c1-3-5-6-7-20-8-13-22(14-9-20)23-15-10-21(11-16-23)12-17-24-18-19-25(30-4-2)27(29)26(24)28/h12,17-23H,3-11,13-16H2,1-2H3. The molecule has 0 atom stereocenters. The van der Waals surface area contributed by atoms with Crippen molar-refractivity contribution in [2.24, 2.45) is 23.7 Å². The predicted octanol–water partition coefficient (Wildman–Crippen LogP) is 9.08. The lowest BCUT2D eigenvalue weighted by Crippen LogP contribution is -2.25. The summed E-state index contributed by atoms with van der Waals surface area (Å²) in [5.74, 6) is 3.28. The minimum absolute atomic E-state index is 0.168. The van der Waals surface area contributed by atoms with E-state index in [0.29, 0.717) is 12.5 Å². The molecule has 2 aliphatic carbocycles. The fourth-order valence-corrected chi connectivity index (χ4v) is 5.84. The van der Waals surface area contributed by atoms with Gasteiger partial charge in [-0.3, -0.25) is 0 Å². The van der Waals surface area contributed by atoms with Crippen LogP contribution in [0.2, 0.25) is 5.02 Å². The number of allylic oxidation sites excluding steroid dienone is 1.